The third-order valence-electron chi connectivity index (χ3n) is 4.88. The fraction of sp³-hybridized carbons (Fsp3) is 0.381. The second kappa shape index (κ2) is 9.61. The molecule has 0 radical (unpaired) electrons. The van der Waals surface area contributed by atoms with Gasteiger partial charge in [0.2, 0.25) is 0 Å². The van der Waals surface area contributed by atoms with Gasteiger partial charge in [-0.15, -0.1) is 0 Å². The Bertz CT molecular complexity index is 884. The zero-order chi connectivity index (χ0) is 21.7. The maximum atomic E-state index is 12.8. The topological polar surface area (TPSA) is 42.0 Å². The van der Waals surface area contributed by atoms with Crippen molar-refractivity contribution in [2.75, 3.05) is 40.4 Å². The van der Waals surface area contributed by atoms with Crippen molar-refractivity contribution in [1.82, 2.24) is 9.80 Å². The molecular weight excluding hydrogens is 417 g/mol. The number of nitrogens with zero attached hydrogens (tertiary/aromatic N) is 2. The minimum Gasteiger partial charge on any atom is -0.497 e. The van der Waals surface area contributed by atoms with Crippen LogP contribution in [0, 0.1) is 0 Å². The molecule has 30 heavy (non-hydrogen) atoms. The molecule has 3 rings (SSSR count). The Morgan fingerprint density at radius 3 is 2.37 bits per heavy atom. The van der Waals surface area contributed by atoms with Gasteiger partial charge in [-0.25, -0.2) is 0 Å². The van der Waals surface area contributed by atoms with E-state index in [1.165, 1.54) is 18.2 Å². The Labute approximate surface area is 177 Å². The number of rotatable bonds is 6. The molecule has 0 atom stereocenters. The van der Waals surface area contributed by atoms with Gasteiger partial charge in [0.15, 0.2) is 0 Å². The first kappa shape index (κ1) is 22.3. The summed E-state index contributed by atoms with van der Waals surface area (Å²) >= 11 is -0.254. The van der Waals surface area contributed by atoms with Crippen LogP contribution in [0.1, 0.15) is 15.9 Å². The number of methoxy groups -OCH3 is 2. The fourth-order valence-electron chi connectivity index (χ4n) is 3.38. The van der Waals surface area contributed by atoms with E-state index in [0.717, 1.165) is 17.1 Å². The number of carbonyl (C=O) groups is 1. The highest BCUT2D eigenvalue weighted by Gasteiger charge is 2.32. The van der Waals surface area contributed by atoms with Crippen LogP contribution in [0.3, 0.4) is 0 Å². The Morgan fingerprint density at radius 2 is 1.73 bits per heavy atom. The quantitative estimate of drug-likeness (QED) is 0.628. The van der Waals surface area contributed by atoms with Gasteiger partial charge in [-0.1, -0.05) is 12.1 Å². The summed E-state index contributed by atoms with van der Waals surface area (Å²) in [7, 11) is 3.21. The predicted molar refractivity (Wildman–Crippen MR) is 109 cm³/mol. The standard InChI is InChI=1S/C21H23F3N2O3S/c1-28-16-7-8-18(29-2)15(13-16)14-25-9-11-26(12-10-25)20(27)17-5-3-4-6-19(17)30-21(22,23)24/h3-8,13H,9-12,14H2,1-2H3. The van der Waals surface area contributed by atoms with E-state index >= 15 is 0 Å². The molecule has 0 aliphatic carbocycles. The van der Waals surface area contributed by atoms with Crippen molar-refractivity contribution in [2.45, 2.75) is 16.9 Å². The lowest BCUT2D eigenvalue weighted by atomic mass is 10.1. The zero-order valence-electron chi connectivity index (χ0n) is 16.7. The van der Waals surface area contributed by atoms with E-state index < -0.39 is 5.51 Å². The lowest BCUT2D eigenvalue weighted by Crippen LogP contribution is -2.48. The molecule has 162 valence electrons. The first-order valence-corrected chi connectivity index (χ1v) is 10.2. The average Bonchev–Trinajstić information content (AvgIpc) is 2.73. The van der Waals surface area contributed by atoms with E-state index in [9.17, 15) is 18.0 Å². The van der Waals surface area contributed by atoms with Crippen LogP contribution in [0.15, 0.2) is 47.4 Å². The third-order valence-corrected chi connectivity index (χ3v) is 5.69. The van der Waals surface area contributed by atoms with Crippen LogP contribution in [-0.4, -0.2) is 61.6 Å². The van der Waals surface area contributed by atoms with E-state index in [2.05, 4.69) is 4.90 Å². The maximum Gasteiger partial charge on any atom is 0.446 e. The molecular formula is C21H23F3N2O3S. The number of ether oxygens (including phenoxy) is 2. The highest BCUT2D eigenvalue weighted by Crippen LogP contribution is 2.38. The number of benzene rings is 2. The van der Waals surface area contributed by atoms with Crippen LogP contribution in [0.5, 0.6) is 11.5 Å². The lowest BCUT2D eigenvalue weighted by molar-refractivity contribution is -0.0328. The predicted octanol–water partition coefficient (Wildman–Crippen LogP) is 4.27. The van der Waals surface area contributed by atoms with Crippen molar-refractivity contribution < 1.29 is 27.4 Å². The van der Waals surface area contributed by atoms with Crippen LogP contribution in [0.4, 0.5) is 13.2 Å². The van der Waals surface area contributed by atoms with Gasteiger partial charge < -0.3 is 14.4 Å². The van der Waals surface area contributed by atoms with Crippen molar-refractivity contribution in [1.29, 1.82) is 0 Å². The van der Waals surface area contributed by atoms with Crippen molar-refractivity contribution >= 4 is 17.7 Å². The summed E-state index contributed by atoms with van der Waals surface area (Å²) < 4.78 is 49.1. The molecule has 0 aromatic heterocycles. The summed E-state index contributed by atoms with van der Waals surface area (Å²) in [5, 5.41) is 0. The first-order valence-electron chi connectivity index (χ1n) is 9.38. The molecule has 1 aliphatic heterocycles. The molecule has 5 nitrogen and oxygen atoms in total. The van der Waals surface area contributed by atoms with E-state index in [4.69, 9.17) is 9.47 Å². The van der Waals surface area contributed by atoms with E-state index in [1.807, 2.05) is 18.2 Å². The molecule has 0 bridgehead atoms. The average molecular weight is 440 g/mol. The van der Waals surface area contributed by atoms with Gasteiger partial charge in [-0.2, -0.15) is 13.2 Å². The summed E-state index contributed by atoms with van der Waals surface area (Å²) in [5.74, 6) is 1.12. The number of alkyl halides is 3. The summed E-state index contributed by atoms with van der Waals surface area (Å²) in [6.07, 6.45) is 0. The molecule has 2 aromatic rings. The molecule has 1 fully saturated rings. The van der Waals surface area contributed by atoms with Gasteiger partial charge in [-0.05, 0) is 42.1 Å². The van der Waals surface area contributed by atoms with Gasteiger partial charge >= 0.3 is 5.51 Å². The second-order valence-corrected chi connectivity index (χ2v) is 7.90. The van der Waals surface area contributed by atoms with E-state index in [-0.39, 0.29) is 28.1 Å². The molecule has 1 amide bonds. The number of carbonyl (C=O) groups excluding carboxylic acids is 1. The number of halogens is 3. The van der Waals surface area contributed by atoms with Gasteiger partial charge in [0.05, 0.1) is 19.8 Å². The molecule has 1 aliphatic rings. The monoisotopic (exact) mass is 440 g/mol. The highest BCUT2D eigenvalue weighted by atomic mass is 32.2. The third kappa shape index (κ3) is 5.60. The Balaban J connectivity index is 1.65. The molecule has 0 N–H and O–H groups in total. The second-order valence-electron chi connectivity index (χ2n) is 6.79. The number of piperazine rings is 1. The van der Waals surface area contributed by atoms with Crippen LogP contribution in [-0.2, 0) is 6.54 Å². The number of hydrogen-bond acceptors (Lipinski definition) is 5. The van der Waals surface area contributed by atoms with Gasteiger partial charge in [-0.3, -0.25) is 9.69 Å². The minimum atomic E-state index is -4.44. The zero-order valence-corrected chi connectivity index (χ0v) is 17.6. The van der Waals surface area contributed by atoms with Gasteiger partial charge in [0, 0.05) is 43.2 Å². The maximum absolute atomic E-state index is 12.8. The Hall–Kier alpha value is -2.39. The number of amides is 1. The van der Waals surface area contributed by atoms with Crippen LogP contribution in [0.25, 0.3) is 0 Å². The highest BCUT2D eigenvalue weighted by molar-refractivity contribution is 8.00. The Kier molecular flexibility index (Phi) is 7.14. The fourth-order valence-corrected chi connectivity index (χ4v) is 4.04. The van der Waals surface area contributed by atoms with Gasteiger partial charge in [0.1, 0.15) is 11.5 Å². The van der Waals surface area contributed by atoms with Crippen molar-refractivity contribution in [3.05, 3.63) is 53.6 Å². The van der Waals surface area contributed by atoms with Crippen molar-refractivity contribution in [3.63, 3.8) is 0 Å². The molecule has 9 heteroatoms. The summed E-state index contributed by atoms with van der Waals surface area (Å²) in [6.45, 7) is 2.73. The molecule has 2 aromatic carbocycles. The molecule has 0 spiro atoms. The minimum absolute atomic E-state index is 0.0708. The van der Waals surface area contributed by atoms with Crippen LogP contribution < -0.4 is 9.47 Å². The summed E-state index contributed by atoms with van der Waals surface area (Å²) in [5.41, 5.74) is -3.38. The molecule has 0 saturated carbocycles. The van der Waals surface area contributed by atoms with Crippen LogP contribution >= 0.6 is 11.8 Å². The smallest absolute Gasteiger partial charge is 0.446 e. The van der Waals surface area contributed by atoms with Crippen LogP contribution in [0.2, 0.25) is 0 Å². The number of hydrogen-bond donors (Lipinski definition) is 0. The summed E-state index contributed by atoms with van der Waals surface area (Å²) in [6, 6.07) is 11.5. The summed E-state index contributed by atoms with van der Waals surface area (Å²) in [4.78, 5) is 16.6. The Morgan fingerprint density at radius 1 is 1.03 bits per heavy atom. The largest absolute Gasteiger partial charge is 0.497 e. The van der Waals surface area contributed by atoms with E-state index in [0.29, 0.717) is 32.7 Å². The normalized spacial score (nSPS) is 15.2. The first-order chi connectivity index (χ1) is 14.3. The van der Waals surface area contributed by atoms with Crippen molar-refractivity contribution in [2.24, 2.45) is 0 Å². The van der Waals surface area contributed by atoms with Gasteiger partial charge in [0.25, 0.3) is 5.91 Å². The number of thioether (sulfide) groups is 1. The molecule has 1 heterocycles. The molecule has 0 unspecified atom stereocenters. The molecule has 1 saturated heterocycles. The van der Waals surface area contributed by atoms with Crippen molar-refractivity contribution in [3.8, 4) is 11.5 Å². The van der Waals surface area contributed by atoms with E-state index in [1.54, 1.807) is 25.2 Å². The lowest BCUT2D eigenvalue weighted by Gasteiger charge is -2.35. The SMILES string of the molecule is COc1ccc(OC)c(CN2CCN(C(=O)c3ccccc3SC(F)(F)F)CC2)c1.